The number of carbonyl (C=O) groups is 1. The molecule has 0 fully saturated rings. The summed E-state index contributed by atoms with van der Waals surface area (Å²) >= 11 is 0. The van der Waals surface area contributed by atoms with Crippen molar-refractivity contribution >= 4 is 12.0 Å². The monoisotopic (exact) mass is 271 g/mol. The molecule has 0 atom stereocenters. The summed E-state index contributed by atoms with van der Waals surface area (Å²) in [7, 11) is 1.37. The van der Waals surface area contributed by atoms with E-state index in [-0.39, 0.29) is 5.97 Å². The molecule has 0 saturated heterocycles. The predicted octanol–water partition coefficient (Wildman–Crippen LogP) is 2.15. The minimum atomic E-state index is -0.362. The van der Waals surface area contributed by atoms with E-state index in [1.54, 1.807) is 11.0 Å². The van der Waals surface area contributed by atoms with Crippen LogP contribution >= 0.6 is 0 Å². The van der Waals surface area contributed by atoms with Crippen LogP contribution in [-0.2, 0) is 16.1 Å². The van der Waals surface area contributed by atoms with Gasteiger partial charge in [-0.1, -0.05) is 18.2 Å². The lowest BCUT2D eigenvalue weighted by molar-refractivity contribution is -0.136. The first-order valence-electron chi connectivity index (χ1n) is 6.28. The Morgan fingerprint density at radius 1 is 1.35 bits per heavy atom. The largest absolute Gasteiger partial charge is 0.466 e. The first kappa shape index (κ1) is 14.0. The molecular formula is C15H17N3O2. The van der Waals surface area contributed by atoms with E-state index in [9.17, 15) is 4.79 Å². The lowest BCUT2D eigenvalue weighted by atomic mass is 10.0. The maximum Gasteiger partial charge on any atom is 0.335 e. The van der Waals surface area contributed by atoms with Gasteiger partial charge in [-0.05, 0) is 36.6 Å². The van der Waals surface area contributed by atoms with E-state index in [4.69, 9.17) is 4.74 Å². The van der Waals surface area contributed by atoms with E-state index >= 15 is 0 Å². The highest BCUT2D eigenvalue weighted by atomic mass is 16.5. The van der Waals surface area contributed by atoms with Gasteiger partial charge in [0.15, 0.2) is 0 Å². The highest BCUT2D eigenvalue weighted by molar-refractivity contribution is 5.93. The van der Waals surface area contributed by atoms with Gasteiger partial charge in [-0.25, -0.2) is 14.5 Å². The first-order chi connectivity index (χ1) is 9.60. The van der Waals surface area contributed by atoms with Crippen molar-refractivity contribution in [1.29, 1.82) is 0 Å². The molecular weight excluding hydrogens is 254 g/mol. The molecule has 1 aromatic heterocycles. The molecule has 0 unspecified atom stereocenters. The molecule has 5 heteroatoms. The number of esters is 1. The van der Waals surface area contributed by atoms with Crippen LogP contribution < -0.4 is 0 Å². The van der Waals surface area contributed by atoms with Crippen LogP contribution in [0.1, 0.15) is 16.7 Å². The van der Waals surface area contributed by atoms with Gasteiger partial charge in [0.05, 0.1) is 19.2 Å². The fourth-order valence-corrected chi connectivity index (χ4v) is 1.84. The fraction of sp³-hybridized carbons (Fsp3) is 0.267. The number of aromatic nitrogens is 3. The van der Waals surface area contributed by atoms with Gasteiger partial charge >= 0.3 is 5.97 Å². The lowest BCUT2D eigenvalue weighted by Crippen LogP contribution is -2.12. The second kappa shape index (κ2) is 6.14. The second-order valence-corrected chi connectivity index (χ2v) is 4.60. The number of nitrogens with zero attached hydrogens (tertiary/aromatic N) is 3. The Bertz CT molecular complexity index is 631. The van der Waals surface area contributed by atoms with Gasteiger partial charge in [0.1, 0.15) is 12.7 Å². The Morgan fingerprint density at radius 3 is 2.75 bits per heavy atom. The number of hydrogen-bond donors (Lipinski definition) is 0. The lowest BCUT2D eigenvalue weighted by Gasteiger charge is -2.07. The third kappa shape index (κ3) is 3.32. The summed E-state index contributed by atoms with van der Waals surface area (Å²) in [5.74, 6) is -0.362. The highest BCUT2D eigenvalue weighted by Crippen LogP contribution is 2.14. The number of aryl methyl sites for hydroxylation is 2. The van der Waals surface area contributed by atoms with E-state index in [1.165, 1.54) is 24.6 Å². The number of rotatable bonds is 4. The third-order valence-corrected chi connectivity index (χ3v) is 3.12. The molecule has 0 bridgehead atoms. The molecule has 0 radical (unpaired) electrons. The standard InChI is InChI=1S/C15H17N3O2/c1-11-4-5-13(6-12(11)2)7-14(15(19)20-3)8-18-10-16-9-17-18/h4-7,9-10H,8H2,1-3H3/b14-7+. The van der Waals surface area contributed by atoms with E-state index in [2.05, 4.69) is 17.0 Å². The molecule has 1 heterocycles. The molecule has 0 saturated carbocycles. The van der Waals surface area contributed by atoms with Crippen molar-refractivity contribution in [2.45, 2.75) is 20.4 Å². The van der Waals surface area contributed by atoms with Gasteiger partial charge in [-0.3, -0.25) is 0 Å². The van der Waals surface area contributed by atoms with Gasteiger partial charge in [-0.15, -0.1) is 0 Å². The minimum Gasteiger partial charge on any atom is -0.466 e. The number of carbonyl (C=O) groups excluding carboxylic acids is 1. The number of benzene rings is 1. The number of methoxy groups -OCH3 is 1. The van der Waals surface area contributed by atoms with Crippen LogP contribution in [0.25, 0.3) is 6.08 Å². The zero-order chi connectivity index (χ0) is 14.5. The van der Waals surface area contributed by atoms with Crippen molar-refractivity contribution in [2.24, 2.45) is 0 Å². The third-order valence-electron chi connectivity index (χ3n) is 3.12. The van der Waals surface area contributed by atoms with Crippen molar-refractivity contribution in [3.05, 3.63) is 53.1 Å². The quantitative estimate of drug-likeness (QED) is 0.631. The summed E-state index contributed by atoms with van der Waals surface area (Å²) in [6.07, 6.45) is 4.82. The predicted molar refractivity (Wildman–Crippen MR) is 75.9 cm³/mol. The normalized spacial score (nSPS) is 11.4. The topological polar surface area (TPSA) is 57.0 Å². The van der Waals surface area contributed by atoms with Crippen molar-refractivity contribution in [1.82, 2.24) is 14.8 Å². The van der Waals surface area contributed by atoms with E-state index in [0.717, 1.165) is 5.56 Å². The molecule has 0 N–H and O–H groups in total. The van der Waals surface area contributed by atoms with Crippen LogP contribution in [-0.4, -0.2) is 27.8 Å². The Balaban J connectivity index is 2.32. The fourth-order valence-electron chi connectivity index (χ4n) is 1.84. The highest BCUT2D eigenvalue weighted by Gasteiger charge is 2.11. The van der Waals surface area contributed by atoms with Gasteiger partial charge < -0.3 is 4.74 Å². The molecule has 0 spiro atoms. The first-order valence-corrected chi connectivity index (χ1v) is 6.28. The minimum absolute atomic E-state index is 0.333. The second-order valence-electron chi connectivity index (χ2n) is 4.60. The maximum atomic E-state index is 11.8. The summed E-state index contributed by atoms with van der Waals surface area (Å²) in [4.78, 5) is 15.7. The average Bonchev–Trinajstić information content (AvgIpc) is 2.94. The Kier molecular flexibility index (Phi) is 4.30. The molecule has 1 aromatic carbocycles. The Morgan fingerprint density at radius 2 is 2.15 bits per heavy atom. The van der Waals surface area contributed by atoms with Crippen LogP contribution in [0.4, 0.5) is 0 Å². The molecule has 2 rings (SSSR count). The molecule has 5 nitrogen and oxygen atoms in total. The zero-order valence-corrected chi connectivity index (χ0v) is 11.8. The molecule has 0 amide bonds. The van der Waals surface area contributed by atoms with Gasteiger partial charge in [0, 0.05) is 0 Å². The number of hydrogen-bond acceptors (Lipinski definition) is 4. The van der Waals surface area contributed by atoms with Crippen molar-refractivity contribution in [2.75, 3.05) is 7.11 Å². The van der Waals surface area contributed by atoms with E-state index in [1.807, 2.05) is 31.2 Å². The Labute approximate surface area is 117 Å². The summed E-state index contributed by atoms with van der Waals surface area (Å²) < 4.78 is 6.41. The SMILES string of the molecule is COC(=O)/C(=C/c1ccc(C)c(C)c1)Cn1cncn1. The van der Waals surface area contributed by atoms with Crippen LogP contribution in [0.3, 0.4) is 0 Å². The average molecular weight is 271 g/mol. The molecule has 0 aliphatic rings. The molecule has 0 aliphatic heterocycles. The van der Waals surface area contributed by atoms with Crippen LogP contribution in [0.5, 0.6) is 0 Å². The molecule has 20 heavy (non-hydrogen) atoms. The van der Waals surface area contributed by atoms with Crippen molar-refractivity contribution in [3.63, 3.8) is 0 Å². The summed E-state index contributed by atoms with van der Waals surface area (Å²) in [5, 5.41) is 4.00. The van der Waals surface area contributed by atoms with Crippen molar-refractivity contribution < 1.29 is 9.53 Å². The van der Waals surface area contributed by atoms with E-state index in [0.29, 0.717) is 12.1 Å². The van der Waals surface area contributed by atoms with E-state index < -0.39 is 0 Å². The van der Waals surface area contributed by atoms with Gasteiger partial charge in [-0.2, -0.15) is 5.10 Å². The molecule has 0 aliphatic carbocycles. The van der Waals surface area contributed by atoms with Crippen LogP contribution in [0.2, 0.25) is 0 Å². The van der Waals surface area contributed by atoms with Crippen LogP contribution in [0.15, 0.2) is 36.4 Å². The smallest absolute Gasteiger partial charge is 0.335 e. The Hall–Kier alpha value is -2.43. The summed E-state index contributed by atoms with van der Waals surface area (Å²) in [6.45, 7) is 4.43. The zero-order valence-electron chi connectivity index (χ0n) is 11.8. The van der Waals surface area contributed by atoms with Crippen molar-refractivity contribution in [3.8, 4) is 0 Å². The number of ether oxygens (including phenoxy) is 1. The summed E-state index contributed by atoms with van der Waals surface area (Å²) in [5.41, 5.74) is 3.90. The van der Waals surface area contributed by atoms with Gasteiger partial charge in [0.2, 0.25) is 0 Å². The molecule has 104 valence electrons. The molecule has 2 aromatic rings. The summed E-state index contributed by atoms with van der Waals surface area (Å²) in [6, 6.07) is 6.05. The maximum absolute atomic E-state index is 11.8. The van der Waals surface area contributed by atoms with Crippen LogP contribution in [0, 0.1) is 13.8 Å². The van der Waals surface area contributed by atoms with Gasteiger partial charge in [0.25, 0.3) is 0 Å².